The van der Waals surface area contributed by atoms with Crippen LogP contribution in [0.3, 0.4) is 0 Å². The lowest BCUT2D eigenvalue weighted by molar-refractivity contribution is -0.121. The largest absolute Gasteiger partial charge is 0.385 e. The van der Waals surface area contributed by atoms with Gasteiger partial charge >= 0.3 is 0 Å². The van der Waals surface area contributed by atoms with Crippen LogP contribution in [0.5, 0.6) is 0 Å². The van der Waals surface area contributed by atoms with Gasteiger partial charge in [0.05, 0.1) is 0 Å². The molecule has 0 aromatic heterocycles. The molecule has 0 saturated heterocycles. The van der Waals surface area contributed by atoms with E-state index < -0.39 is 0 Å². The summed E-state index contributed by atoms with van der Waals surface area (Å²) in [5, 5.41) is 2.96. The van der Waals surface area contributed by atoms with Crippen LogP contribution < -0.4 is 11.1 Å². The fourth-order valence-corrected chi connectivity index (χ4v) is 1.50. The van der Waals surface area contributed by atoms with Crippen molar-refractivity contribution in [3.05, 3.63) is 0 Å². The van der Waals surface area contributed by atoms with Gasteiger partial charge in [0, 0.05) is 26.2 Å². The maximum absolute atomic E-state index is 11.5. The highest BCUT2D eigenvalue weighted by atomic mass is 16.5. The van der Waals surface area contributed by atoms with Crippen molar-refractivity contribution in [1.29, 1.82) is 0 Å². The van der Waals surface area contributed by atoms with Crippen molar-refractivity contribution in [3.63, 3.8) is 0 Å². The Bertz CT molecular complexity index is 174. The molecule has 0 saturated carbocycles. The fraction of sp³-hybridized carbons (Fsp3) is 0.917. The SMILES string of the molecule is COCCC(C)NC(=O)CCCCCCN. The second kappa shape index (κ2) is 10.9. The van der Waals surface area contributed by atoms with Gasteiger partial charge in [0.2, 0.25) is 5.91 Å². The number of hydrogen-bond donors (Lipinski definition) is 2. The molecule has 0 fully saturated rings. The zero-order valence-electron chi connectivity index (χ0n) is 10.6. The normalized spacial score (nSPS) is 12.4. The molecule has 16 heavy (non-hydrogen) atoms. The minimum atomic E-state index is 0.149. The molecule has 0 aromatic carbocycles. The second-order valence-electron chi connectivity index (χ2n) is 4.20. The maximum atomic E-state index is 11.5. The molecule has 0 bridgehead atoms. The summed E-state index contributed by atoms with van der Waals surface area (Å²) in [4.78, 5) is 11.5. The van der Waals surface area contributed by atoms with Gasteiger partial charge in [-0.15, -0.1) is 0 Å². The molecule has 0 aliphatic heterocycles. The summed E-state index contributed by atoms with van der Waals surface area (Å²) in [6, 6.07) is 0.205. The highest BCUT2D eigenvalue weighted by Crippen LogP contribution is 2.02. The van der Waals surface area contributed by atoms with Crippen molar-refractivity contribution in [1.82, 2.24) is 5.32 Å². The van der Waals surface area contributed by atoms with Crippen LogP contribution in [0.25, 0.3) is 0 Å². The minimum Gasteiger partial charge on any atom is -0.385 e. The Morgan fingerprint density at radius 2 is 2.00 bits per heavy atom. The second-order valence-corrected chi connectivity index (χ2v) is 4.20. The summed E-state index contributed by atoms with van der Waals surface area (Å²) in [7, 11) is 1.67. The summed E-state index contributed by atoms with van der Waals surface area (Å²) < 4.78 is 4.96. The van der Waals surface area contributed by atoms with E-state index >= 15 is 0 Å². The number of ether oxygens (including phenoxy) is 1. The van der Waals surface area contributed by atoms with Gasteiger partial charge in [0.1, 0.15) is 0 Å². The van der Waals surface area contributed by atoms with E-state index in [0.29, 0.717) is 13.0 Å². The van der Waals surface area contributed by atoms with Crippen LogP contribution in [0.1, 0.15) is 45.4 Å². The number of carbonyl (C=O) groups excluding carboxylic acids is 1. The number of nitrogens with one attached hydrogen (secondary N) is 1. The van der Waals surface area contributed by atoms with E-state index in [4.69, 9.17) is 10.5 Å². The topological polar surface area (TPSA) is 64.3 Å². The van der Waals surface area contributed by atoms with Gasteiger partial charge in [-0.2, -0.15) is 0 Å². The van der Waals surface area contributed by atoms with Crippen LogP contribution in [-0.2, 0) is 9.53 Å². The van der Waals surface area contributed by atoms with E-state index in [-0.39, 0.29) is 11.9 Å². The van der Waals surface area contributed by atoms with Crippen LogP contribution in [-0.4, -0.2) is 32.2 Å². The lowest BCUT2D eigenvalue weighted by atomic mass is 10.1. The molecule has 1 unspecified atom stereocenters. The molecule has 4 nitrogen and oxygen atoms in total. The van der Waals surface area contributed by atoms with Gasteiger partial charge in [0.25, 0.3) is 0 Å². The van der Waals surface area contributed by atoms with Crippen molar-refractivity contribution >= 4 is 5.91 Å². The number of rotatable bonds is 10. The number of unbranched alkanes of at least 4 members (excludes halogenated alkanes) is 3. The Hall–Kier alpha value is -0.610. The van der Waals surface area contributed by atoms with E-state index in [1.165, 1.54) is 0 Å². The lowest BCUT2D eigenvalue weighted by Gasteiger charge is -2.13. The number of amides is 1. The van der Waals surface area contributed by atoms with Crippen LogP contribution in [0.2, 0.25) is 0 Å². The molecule has 1 atom stereocenters. The zero-order valence-corrected chi connectivity index (χ0v) is 10.6. The summed E-state index contributed by atoms with van der Waals surface area (Å²) in [5.41, 5.74) is 5.39. The summed E-state index contributed by atoms with van der Waals surface area (Å²) in [6.45, 7) is 3.45. The van der Waals surface area contributed by atoms with E-state index in [9.17, 15) is 4.79 Å². The molecule has 0 heterocycles. The quantitative estimate of drug-likeness (QED) is 0.558. The molecule has 0 aliphatic rings. The van der Waals surface area contributed by atoms with Crippen LogP contribution in [0.4, 0.5) is 0 Å². The van der Waals surface area contributed by atoms with Crippen LogP contribution in [0, 0.1) is 0 Å². The van der Waals surface area contributed by atoms with Crippen molar-refractivity contribution < 1.29 is 9.53 Å². The molecule has 96 valence electrons. The van der Waals surface area contributed by atoms with Gasteiger partial charge < -0.3 is 15.8 Å². The number of hydrogen-bond acceptors (Lipinski definition) is 3. The Kier molecular flexibility index (Phi) is 10.5. The summed E-state index contributed by atoms with van der Waals surface area (Å²) in [6.07, 6.45) is 5.74. The Morgan fingerprint density at radius 3 is 2.62 bits per heavy atom. The lowest BCUT2D eigenvalue weighted by Crippen LogP contribution is -2.33. The first kappa shape index (κ1) is 15.4. The molecule has 0 aromatic rings. The molecular weight excluding hydrogens is 204 g/mol. The maximum Gasteiger partial charge on any atom is 0.220 e. The molecule has 1 amide bonds. The van der Waals surface area contributed by atoms with Gasteiger partial charge in [-0.1, -0.05) is 12.8 Å². The summed E-state index contributed by atoms with van der Waals surface area (Å²) >= 11 is 0. The van der Waals surface area contributed by atoms with Gasteiger partial charge in [-0.25, -0.2) is 0 Å². The van der Waals surface area contributed by atoms with Gasteiger partial charge in [-0.3, -0.25) is 4.79 Å². The van der Waals surface area contributed by atoms with Gasteiger partial charge in [0.15, 0.2) is 0 Å². The standard InChI is InChI=1S/C12H26N2O2/c1-11(8-10-16-2)14-12(15)7-5-3-4-6-9-13/h11H,3-10,13H2,1-2H3,(H,14,15). The van der Waals surface area contributed by atoms with Gasteiger partial charge in [-0.05, 0) is 32.7 Å². The first-order valence-electron chi connectivity index (χ1n) is 6.19. The zero-order chi connectivity index (χ0) is 12.2. The van der Waals surface area contributed by atoms with Crippen molar-refractivity contribution in [2.45, 2.75) is 51.5 Å². The number of nitrogens with two attached hydrogens (primary N) is 1. The molecule has 0 spiro atoms. The van der Waals surface area contributed by atoms with E-state index in [1.54, 1.807) is 7.11 Å². The predicted molar refractivity (Wildman–Crippen MR) is 66.2 cm³/mol. The summed E-state index contributed by atoms with van der Waals surface area (Å²) in [5.74, 6) is 0.149. The first-order valence-corrected chi connectivity index (χ1v) is 6.19. The average molecular weight is 230 g/mol. The number of carbonyl (C=O) groups is 1. The van der Waals surface area contributed by atoms with Crippen molar-refractivity contribution in [2.24, 2.45) is 5.73 Å². The molecular formula is C12H26N2O2. The number of methoxy groups -OCH3 is 1. The first-order chi connectivity index (χ1) is 7.70. The smallest absolute Gasteiger partial charge is 0.220 e. The predicted octanol–water partition coefficient (Wildman–Crippen LogP) is 1.44. The molecule has 3 N–H and O–H groups in total. The van der Waals surface area contributed by atoms with E-state index in [2.05, 4.69) is 5.32 Å². The van der Waals surface area contributed by atoms with Crippen molar-refractivity contribution in [3.8, 4) is 0 Å². The van der Waals surface area contributed by atoms with E-state index in [0.717, 1.165) is 38.6 Å². The highest BCUT2D eigenvalue weighted by Gasteiger charge is 2.06. The molecule has 0 rings (SSSR count). The third kappa shape index (κ3) is 9.93. The Balaban J connectivity index is 3.36. The minimum absolute atomic E-state index is 0.149. The van der Waals surface area contributed by atoms with Crippen LogP contribution >= 0.6 is 0 Å². The molecule has 0 aliphatic carbocycles. The fourth-order valence-electron chi connectivity index (χ4n) is 1.50. The van der Waals surface area contributed by atoms with Crippen LogP contribution in [0.15, 0.2) is 0 Å². The Morgan fingerprint density at radius 1 is 1.31 bits per heavy atom. The Labute approximate surface area is 98.9 Å². The van der Waals surface area contributed by atoms with E-state index in [1.807, 2.05) is 6.92 Å². The monoisotopic (exact) mass is 230 g/mol. The third-order valence-corrected chi connectivity index (χ3v) is 2.52. The highest BCUT2D eigenvalue weighted by molar-refractivity contribution is 5.76. The molecule has 4 heteroatoms. The third-order valence-electron chi connectivity index (χ3n) is 2.52. The average Bonchev–Trinajstić information content (AvgIpc) is 2.26. The molecule has 0 radical (unpaired) electrons. The van der Waals surface area contributed by atoms with Crippen molar-refractivity contribution in [2.75, 3.05) is 20.3 Å².